The normalized spacial score (nSPS) is 29.4. The fourth-order valence-electron chi connectivity index (χ4n) is 2.46. The summed E-state index contributed by atoms with van der Waals surface area (Å²) >= 11 is 5.93. The van der Waals surface area contributed by atoms with Crippen LogP contribution in [0.25, 0.3) is 0 Å². The van der Waals surface area contributed by atoms with Gasteiger partial charge in [-0.05, 0) is 38.0 Å². The Hall–Kier alpha value is -0.570. The Morgan fingerprint density at radius 3 is 2.67 bits per heavy atom. The standard InChI is InChI=1S/C15H23ClN2/c1-4-15(3)11-18(12(2)9-17-15)10-13-5-7-14(16)8-6-13/h5-8,12,17H,4,9-11H2,1-3H3. The van der Waals surface area contributed by atoms with E-state index in [2.05, 4.69) is 43.1 Å². The van der Waals surface area contributed by atoms with E-state index in [1.807, 2.05) is 12.1 Å². The van der Waals surface area contributed by atoms with Crippen LogP contribution in [0.1, 0.15) is 32.8 Å². The molecule has 1 aliphatic rings. The molecule has 18 heavy (non-hydrogen) atoms. The topological polar surface area (TPSA) is 15.3 Å². The second kappa shape index (κ2) is 5.60. The lowest BCUT2D eigenvalue weighted by molar-refractivity contribution is 0.0866. The Bertz CT molecular complexity index is 390. The molecule has 0 aromatic heterocycles. The minimum atomic E-state index is 0.249. The lowest BCUT2D eigenvalue weighted by Crippen LogP contribution is -2.61. The van der Waals surface area contributed by atoms with E-state index in [-0.39, 0.29) is 5.54 Å². The predicted molar refractivity (Wildman–Crippen MR) is 78.0 cm³/mol. The van der Waals surface area contributed by atoms with Crippen LogP contribution in [-0.2, 0) is 6.54 Å². The number of hydrogen-bond donors (Lipinski definition) is 1. The average molecular weight is 267 g/mol. The first-order valence-corrected chi connectivity index (χ1v) is 7.14. The Morgan fingerprint density at radius 1 is 1.39 bits per heavy atom. The molecular formula is C15H23ClN2. The number of benzene rings is 1. The first-order chi connectivity index (χ1) is 8.52. The number of nitrogens with one attached hydrogen (secondary N) is 1. The molecule has 2 rings (SSSR count). The molecule has 0 spiro atoms. The van der Waals surface area contributed by atoms with E-state index in [0.717, 1.165) is 31.1 Å². The highest BCUT2D eigenvalue weighted by molar-refractivity contribution is 6.30. The van der Waals surface area contributed by atoms with Gasteiger partial charge in [-0.2, -0.15) is 0 Å². The van der Waals surface area contributed by atoms with Crippen molar-refractivity contribution in [1.29, 1.82) is 0 Å². The summed E-state index contributed by atoms with van der Waals surface area (Å²) in [6.45, 7) is 10.0. The molecule has 0 bridgehead atoms. The fourth-order valence-corrected chi connectivity index (χ4v) is 2.58. The molecule has 2 atom stereocenters. The summed E-state index contributed by atoms with van der Waals surface area (Å²) in [5.41, 5.74) is 1.59. The lowest BCUT2D eigenvalue weighted by atomic mass is 9.93. The summed E-state index contributed by atoms with van der Waals surface area (Å²) in [7, 11) is 0. The highest BCUT2D eigenvalue weighted by Crippen LogP contribution is 2.21. The van der Waals surface area contributed by atoms with Crippen LogP contribution in [0.4, 0.5) is 0 Å². The van der Waals surface area contributed by atoms with Crippen LogP contribution in [0.3, 0.4) is 0 Å². The highest BCUT2D eigenvalue weighted by atomic mass is 35.5. The van der Waals surface area contributed by atoms with Crippen molar-refractivity contribution in [2.75, 3.05) is 13.1 Å². The van der Waals surface area contributed by atoms with Gasteiger partial charge in [-0.25, -0.2) is 0 Å². The molecule has 0 amide bonds. The number of piperazine rings is 1. The maximum Gasteiger partial charge on any atom is 0.0406 e. The zero-order valence-electron chi connectivity index (χ0n) is 11.5. The van der Waals surface area contributed by atoms with Crippen LogP contribution in [0.15, 0.2) is 24.3 Å². The van der Waals surface area contributed by atoms with Crippen LogP contribution < -0.4 is 5.32 Å². The van der Waals surface area contributed by atoms with E-state index in [1.165, 1.54) is 5.56 Å². The largest absolute Gasteiger partial charge is 0.309 e. The maximum atomic E-state index is 5.93. The monoisotopic (exact) mass is 266 g/mol. The summed E-state index contributed by atoms with van der Waals surface area (Å²) in [6, 6.07) is 8.78. The summed E-state index contributed by atoms with van der Waals surface area (Å²) in [5, 5.41) is 4.47. The minimum absolute atomic E-state index is 0.249. The van der Waals surface area contributed by atoms with Crippen LogP contribution >= 0.6 is 11.6 Å². The highest BCUT2D eigenvalue weighted by Gasteiger charge is 2.32. The summed E-state index contributed by atoms with van der Waals surface area (Å²) in [4.78, 5) is 2.56. The molecular weight excluding hydrogens is 244 g/mol. The molecule has 1 heterocycles. The smallest absolute Gasteiger partial charge is 0.0406 e. The van der Waals surface area contributed by atoms with E-state index in [9.17, 15) is 0 Å². The van der Waals surface area contributed by atoms with Gasteiger partial charge in [-0.3, -0.25) is 4.90 Å². The number of hydrogen-bond acceptors (Lipinski definition) is 2. The van der Waals surface area contributed by atoms with Crippen LogP contribution in [-0.4, -0.2) is 29.6 Å². The van der Waals surface area contributed by atoms with Crippen LogP contribution in [0, 0.1) is 0 Å². The van der Waals surface area contributed by atoms with E-state index in [1.54, 1.807) is 0 Å². The van der Waals surface area contributed by atoms with Gasteiger partial charge in [0.05, 0.1) is 0 Å². The summed E-state index contributed by atoms with van der Waals surface area (Å²) in [6.07, 6.45) is 1.16. The Kier molecular flexibility index (Phi) is 4.31. The minimum Gasteiger partial charge on any atom is -0.309 e. The molecule has 1 fully saturated rings. The van der Waals surface area contributed by atoms with Gasteiger partial charge in [0.15, 0.2) is 0 Å². The quantitative estimate of drug-likeness (QED) is 0.903. The third kappa shape index (κ3) is 3.25. The lowest BCUT2D eigenvalue weighted by Gasteiger charge is -2.45. The van der Waals surface area contributed by atoms with Crippen molar-refractivity contribution < 1.29 is 0 Å². The van der Waals surface area contributed by atoms with Gasteiger partial charge >= 0.3 is 0 Å². The molecule has 1 N–H and O–H groups in total. The van der Waals surface area contributed by atoms with E-state index in [0.29, 0.717) is 6.04 Å². The van der Waals surface area contributed by atoms with Crippen LogP contribution in [0.2, 0.25) is 5.02 Å². The van der Waals surface area contributed by atoms with Crippen molar-refractivity contribution in [2.24, 2.45) is 0 Å². The van der Waals surface area contributed by atoms with Gasteiger partial charge in [0.1, 0.15) is 0 Å². The number of nitrogens with zero attached hydrogens (tertiary/aromatic N) is 1. The zero-order valence-corrected chi connectivity index (χ0v) is 12.3. The van der Waals surface area contributed by atoms with E-state index < -0.39 is 0 Å². The molecule has 1 saturated heterocycles. The molecule has 0 saturated carbocycles. The Morgan fingerprint density at radius 2 is 2.06 bits per heavy atom. The molecule has 2 unspecified atom stereocenters. The molecule has 1 aromatic carbocycles. The third-order valence-corrected chi connectivity index (χ3v) is 4.33. The molecule has 0 aliphatic carbocycles. The van der Waals surface area contributed by atoms with Crippen molar-refractivity contribution >= 4 is 11.6 Å². The van der Waals surface area contributed by atoms with Crippen molar-refractivity contribution in [1.82, 2.24) is 10.2 Å². The first-order valence-electron chi connectivity index (χ1n) is 6.76. The molecule has 1 aromatic rings. The summed E-state index contributed by atoms with van der Waals surface area (Å²) in [5.74, 6) is 0. The molecule has 2 nitrogen and oxygen atoms in total. The van der Waals surface area contributed by atoms with Gasteiger partial charge < -0.3 is 5.32 Å². The fraction of sp³-hybridized carbons (Fsp3) is 0.600. The van der Waals surface area contributed by atoms with Gasteiger partial charge in [0.25, 0.3) is 0 Å². The zero-order chi connectivity index (χ0) is 13.2. The predicted octanol–water partition coefficient (Wildman–Crippen LogP) is 3.30. The second-order valence-corrected chi connectivity index (χ2v) is 6.11. The third-order valence-electron chi connectivity index (χ3n) is 4.08. The Balaban J connectivity index is 2.04. The van der Waals surface area contributed by atoms with Gasteiger partial charge in [0.2, 0.25) is 0 Å². The van der Waals surface area contributed by atoms with Gasteiger partial charge in [-0.15, -0.1) is 0 Å². The van der Waals surface area contributed by atoms with Crippen molar-refractivity contribution in [2.45, 2.75) is 45.3 Å². The average Bonchev–Trinajstić information content (AvgIpc) is 2.37. The first kappa shape index (κ1) is 13.9. The Labute approximate surface area is 115 Å². The van der Waals surface area contributed by atoms with Crippen molar-refractivity contribution in [3.05, 3.63) is 34.9 Å². The van der Waals surface area contributed by atoms with Gasteiger partial charge in [-0.1, -0.05) is 30.7 Å². The summed E-state index contributed by atoms with van der Waals surface area (Å²) < 4.78 is 0. The van der Waals surface area contributed by atoms with Crippen molar-refractivity contribution in [3.8, 4) is 0 Å². The molecule has 0 radical (unpaired) electrons. The second-order valence-electron chi connectivity index (χ2n) is 5.68. The molecule has 3 heteroatoms. The van der Waals surface area contributed by atoms with E-state index >= 15 is 0 Å². The van der Waals surface area contributed by atoms with Crippen LogP contribution in [0.5, 0.6) is 0 Å². The maximum absolute atomic E-state index is 5.93. The number of halogens is 1. The van der Waals surface area contributed by atoms with E-state index in [4.69, 9.17) is 11.6 Å². The van der Waals surface area contributed by atoms with Gasteiger partial charge in [0, 0.05) is 36.2 Å². The molecule has 1 aliphatic heterocycles. The SMILES string of the molecule is CCC1(C)CN(Cc2ccc(Cl)cc2)C(C)CN1. The van der Waals surface area contributed by atoms with Crippen molar-refractivity contribution in [3.63, 3.8) is 0 Å². The number of rotatable bonds is 3. The molecule has 100 valence electrons.